The maximum Gasteiger partial charge on any atom is 0.313 e. The number of carbonyl (C=O) groups excluding carboxylic acids is 2. The van der Waals surface area contributed by atoms with E-state index in [4.69, 9.17) is 0 Å². The third kappa shape index (κ3) is 6.43. The highest BCUT2D eigenvalue weighted by molar-refractivity contribution is 6.39. The Morgan fingerprint density at radius 2 is 1.67 bits per heavy atom. The van der Waals surface area contributed by atoms with Crippen LogP contribution in [0.2, 0.25) is 0 Å². The van der Waals surface area contributed by atoms with E-state index in [1.165, 1.54) is 5.56 Å². The molecule has 0 unspecified atom stereocenters. The van der Waals surface area contributed by atoms with Crippen LogP contribution in [0.1, 0.15) is 57.9 Å². The van der Waals surface area contributed by atoms with E-state index in [1.807, 2.05) is 24.3 Å². The summed E-state index contributed by atoms with van der Waals surface area (Å²) in [6.07, 6.45) is 4.30. The van der Waals surface area contributed by atoms with E-state index in [2.05, 4.69) is 31.4 Å². The van der Waals surface area contributed by atoms with Gasteiger partial charge in [-0.15, -0.1) is 0 Å². The SMILES string of the molecule is CCCCCCNC(=O)C(=O)Nc1ccc(C(C)C)cc1. The molecule has 0 aliphatic carbocycles. The van der Waals surface area contributed by atoms with Crippen LogP contribution < -0.4 is 10.6 Å². The van der Waals surface area contributed by atoms with Gasteiger partial charge in [0.25, 0.3) is 0 Å². The smallest absolute Gasteiger partial charge is 0.313 e. The molecule has 0 saturated heterocycles. The largest absolute Gasteiger partial charge is 0.348 e. The summed E-state index contributed by atoms with van der Waals surface area (Å²) in [5.41, 5.74) is 1.85. The summed E-state index contributed by atoms with van der Waals surface area (Å²) in [4.78, 5) is 23.4. The van der Waals surface area contributed by atoms with Gasteiger partial charge in [-0.3, -0.25) is 9.59 Å². The Morgan fingerprint density at radius 3 is 2.24 bits per heavy atom. The van der Waals surface area contributed by atoms with Gasteiger partial charge < -0.3 is 10.6 Å². The zero-order valence-electron chi connectivity index (χ0n) is 13.2. The molecule has 2 amide bonds. The molecule has 21 heavy (non-hydrogen) atoms. The van der Waals surface area contributed by atoms with Gasteiger partial charge in [-0.2, -0.15) is 0 Å². The molecule has 0 aromatic heterocycles. The highest BCUT2D eigenvalue weighted by atomic mass is 16.2. The zero-order chi connectivity index (χ0) is 15.7. The number of nitrogens with one attached hydrogen (secondary N) is 2. The van der Waals surface area contributed by atoms with Crippen molar-refractivity contribution in [3.63, 3.8) is 0 Å². The fraction of sp³-hybridized carbons (Fsp3) is 0.529. The van der Waals surface area contributed by atoms with Crippen molar-refractivity contribution < 1.29 is 9.59 Å². The van der Waals surface area contributed by atoms with Gasteiger partial charge in [0.05, 0.1) is 0 Å². The van der Waals surface area contributed by atoms with E-state index in [0.29, 0.717) is 18.2 Å². The molecular formula is C17H26N2O2. The number of benzene rings is 1. The summed E-state index contributed by atoms with van der Waals surface area (Å²) in [6, 6.07) is 7.56. The van der Waals surface area contributed by atoms with Crippen LogP contribution in [-0.4, -0.2) is 18.4 Å². The number of hydrogen-bond donors (Lipinski definition) is 2. The van der Waals surface area contributed by atoms with Crippen LogP contribution in [0, 0.1) is 0 Å². The number of rotatable bonds is 7. The molecule has 0 bridgehead atoms. The fourth-order valence-electron chi connectivity index (χ4n) is 1.97. The van der Waals surface area contributed by atoms with Gasteiger partial charge >= 0.3 is 11.8 Å². The van der Waals surface area contributed by atoms with Crippen LogP contribution in [0.5, 0.6) is 0 Å². The summed E-state index contributed by atoms with van der Waals surface area (Å²) in [5.74, 6) is -0.733. The minimum absolute atomic E-state index is 0.446. The highest BCUT2D eigenvalue weighted by Gasteiger charge is 2.12. The Labute approximate surface area is 127 Å². The van der Waals surface area contributed by atoms with Crippen LogP contribution in [0.15, 0.2) is 24.3 Å². The van der Waals surface area contributed by atoms with Gasteiger partial charge in [0.2, 0.25) is 0 Å². The second-order valence-corrected chi connectivity index (χ2v) is 5.55. The lowest BCUT2D eigenvalue weighted by Crippen LogP contribution is -2.35. The average molecular weight is 290 g/mol. The van der Waals surface area contributed by atoms with Crippen LogP contribution in [0.3, 0.4) is 0 Å². The predicted octanol–water partition coefficient (Wildman–Crippen LogP) is 3.45. The number of unbranched alkanes of at least 4 members (excludes halogenated alkanes) is 3. The first-order valence-corrected chi connectivity index (χ1v) is 7.73. The lowest BCUT2D eigenvalue weighted by molar-refractivity contribution is -0.136. The molecule has 0 spiro atoms. The van der Waals surface area contributed by atoms with Gasteiger partial charge in [-0.1, -0.05) is 52.2 Å². The summed E-state index contributed by atoms with van der Waals surface area (Å²) in [5, 5.41) is 5.25. The topological polar surface area (TPSA) is 58.2 Å². The van der Waals surface area contributed by atoms with Crippen molar-refractivity contribution >= 4 is 17.5 Å². The Bertz CT molecular complexity index is 452. The Hall–Kier alpha value is -1.84. The lowest BCUT2D eigenvalue weighted by atomic mass is 10.0. The molecule has 0 radical (unpaired) electrons. The molecule has 4 heteroatoms. The number of hydrogen-bond acceptors (Lipinski definition) is 2. The standard InChI is InChI=1S/C17H26N2O2/c1-4-5-6-7-12-18-16(20)17(21)19-15-10-8-14(9-11-15)13(2)3/h8-11,13H,4-7,12H2,1-3H3,(H,18,20)(H,19,21). The minimum atomic E-state index is -0.609. The Morgan fingerprint density at radius 1 is 1.00 bits per heavy atom. The first-order chi connectivity index (χ1) is 10.0. The van der Waals surface area contributed by atoms with E-state index in [-0.39, 0.29) is 0 Å². The summed E-state index contributed by atoms with van der Waals surface area (Å²) in [6.45, 7) is 6.91. The number of amides is 2. The second kappa shape index (κ2) is 9.16. The average Bonchev–Trinajstić information content (AvgIpc) is 2.47. The Balaban J connectivity index is 2.36. The molecule has 0 aliphatic rings. The van der Waals surface area contributed by atoms with Crippen molar-refractivity contribution in [3.05, 3.63) is 29.8 Å². The third-order valence-corrected chi connectivity index (χ3v) is 3.36. The maximum absolute atomic E-state index is 11.7. The lowest BCUT2D eigenvalue weighted by Gasteiger charge is -2.08. The summed E-state index contributed by atoms with van der Waals surface area (Å²) >= 11 is 0. The van der Waals surface area contributed by atoms with Gasteiger partial charge in [0.1, 0.15) is 0 Å². The Kier molecular flexibility index (Phi) is 7.51. The van der Waals surface area contributed by atoms with Crippen molar-refractivity contribution in [1.29, 1.82) is 0 Å². The molecule has 1 aromatic rings. The first kappa shape index (κ1) is 17.2. The highest BCUT2D eigenvalue weighted by Crippen LogP contribution is 2.16. The van der Waals surface area contributed by atoms with Gasteiger partial charge in [0.15, 0.2) is 0 Å². The molecule has 0 fully saturated rings. The molecule has 1 aromatic carbocycles. The monoisotopic (exact) mass is 290 g/mol. The normalized spacial score (nSPS) is 10.5. The molecule has 2 N–H and O–H groups in total. The fourth-order valence-corrected chi connectivity index (χ4v) is 1.97. The maximum atomic E-state index is 11.7. The molecule has 0 saturated carbocycles. The first-order valence-electron chi connectivity index (χ1n) is 7.73. The molecule has 4 nitrogen and oxygen atoms in total. The van der Waals surface area contributed by atoms with Crippen molar-refractivity contribution in [2.45, 2.75) is 52.4 Å². The van der Waals surface area contributed by atoms with Gasteiger partial charge in [-0.25, -0.2) is 0 Å². The van der Waals surface area contributed by atoms with Crippen molar-refractivity contribution in [1.82, 2.24) is 5.32 Å². The van der Waals surface area contributed by atoms with Gasteiger partial charge in [0, 0.05) is 12.2 Å². The van der Waals surface area contributed by atoms with E-state index in [0.717, 1.165) is 25.7 Å². The molecule has 0 aliphatic heterocycles. The number of anilines is 1. The van der Waals surface area contributed by atoms with Crippen LogP contribution >= 0.6 is 0 Å². The molecule has 0 heterocycles. The predicted molar refractivity (Wildman–Crippen MR) is 86.3 cm³/mol. The molecule has 1 rings (SSSR count). The van der Waals surface area contributed by atoms with E-state index in [9.17, 15) is 9.59 Å². The van der Waals surface area contributed by atoms with Crippen molar-refractivity contribution in [2.24, 2.45) is 0 Å². The molecule has 0 atom stereocenters. The van der Waals surface area contributed by atoms with E-state index in [1.54, 1.807) is 0 Å². The minimum Gasteiger partial charge on any atom is -0.348 e. The second-order valence-electron chi connectivity index (χ2n) is 5.55. The van der Waals surface area contributed by atoms with Crippen molar-refractivity contribution in [2.75, 3.05) is 11.9 Å². The van der Waals surface area contributed by atoms with Crippen LogP contribution in [-0.2, 0) is 9.59 Å². The van der Waals surface area contributed by atoms with E-state index >= 15 is 0 Å². The van der Waals surface area contributed by atoms with Crippen LogP contribution in [0.4, 0.5) is 5.69 Å². The van der Waals surface area contributed by atoms with E-state index < -0.39 is 11.8 Å². The summed E-state index contributed by atoms with van der Waals surface area (Å²) < 4.78 is 0. The molecular weight excluding hydrogens is 264 g/mol. The van der Waals surface area contributed by atoms with Gasteiger partial charge in [-0.05, 0) is 30.0 Å². The van der Waals surface area contributed by atoms with Crippen LogP contribution in [0.25, 0.3) is 0 Å². The van der Waals surface area contributed by atoms with Crippen molar-refractivity contribution in [3.8, 4) is 0 Å². The summed E-state index contributed by atoms with van der Waals surface area (Å²) in [7, 11) is 0. The third-order valence-electron chi connectivity index (χ3n) is 3.36. The molecule has 116 valence electrons. The number of carbonyl (C=O) groups is 2. The zero-order valence-corrected chi connectivity index (χ0v) is 13.2. The quantitative estimate of drug-likeness (QED) is 0.597.